The van der Waals surface area contributed by atoms with Crippen molar-refractivity contribution in [2.24, 2.45) is 5.73 Å². The van der Waals surface area contributed by atoms with Gasteiger partial charge < -0.3 is 16.0 Å². The maximum atomic E-state index is 12.2. The first-order chi connectivity index (χ1) is 9.29. The maximum Gasteiger partial charge on any atom is 0.261 e. The molecule has 21 heavy (non-hydrogen) atoms. The molecule has 0 radical (unpaired) electrons. The number of amides is 1. The van der Waals surface area contributed by atoms with E-state index in [0.29, 0.717) is 12.1 Å². The fourth-order valence-electron chi connectivity index (χ4n) is 2.08. The number of nitrogens with two attached hydrogens (primary N) is 1. The van der Waals surface area contributed by atoms with Crippen LogP contribution < -0.4 is 16.6 Å². The van der Waals surface area contributed by atoms with E-state index in [9.17, 15) is 9.59 Å². The highest BCUT2D eigenvalue weighted by atomic mass is 35.5. The average molecular weight is 310 g/mol. The highest BCUT2D eigenvalue weighted by Crippen LogP contribution is 2.16. The predicted octanol–water partition coefficient (Wildman–Crippen LogP) is 1.73. The molecule has 1 heterocycles. The van der Waals surface area contributed by atoms with Crippen LogP contribution in [-0.2, 0) is 0 Å². The molecule has 1 amide bonds. The highest BCUT2D eigenvalue weighted by Gasteiger charge is 2.18. The van der Waals surface area contributed by atoms with Crippen molar-refractivity contribution in [1.82, 2.24) is 10.3 Å². The van der Waals surface area contributed by atoms with Crippen molar-refractivity contribution in [2.45, 2.75) is 26.3 Å². The molecule has 4 N–H and O–H groups in total. The average Bonchev–Trinajstić information content (AvgIpc) is 2.35. The quantitative estimate of drug-likeness (QED) is 0.806. The third-order valence-corrected chi connectivity index (χ3v) is 3.11. The Hall–Kier alpha value is -1.85. The van der Waals surface area contributed by atoms with Gasteiger partial charge in [0.25, 0.3) is 11.5 Å². The first-order valence-electron chi connectivity index (χ1n) is 6.48. The number of hydrogen-bond acceptors (Lipinski definition) is 3. The van der Waals surface area contributed by atoms with E-state index < -0.39 is 11.4 Å². The zero-order valence-electron chi connectivity index (χ0n) is 12.3. The topological polar surface area (TPSA) is 88.0 Å². The summed E-state index contributed by atoms with van der Waals surface area (Å²) in [6.07, 6.45) is 0. The third kappa shape index (κ3) is 3.83. The number of rotatable bonds is 3. The summed E-state index contributed by atoms with van der Waals surface area (Å²) < 4.78 is 0. The van der Waals surface area contributed by atoms with Gasteiger partial charge in [-0.1, -0.05) is 18.2 Å². The summed E-state index contributed by atoms with van der Waals surface area (Å²) in [5.41, 5.74) is 6.48. The monoisotopic (exact) mass is 309 g/mol. The van der Waals surface area contributed by atoms with Gasteiger partial charge in [-0.05, 0) is 32.4 Å². The van der Waals surface area contributed by atoms with Crippen LogP contribution >= 0.6 is 12.4 Å². The number of aromatic amines is 1. The number of hydrogen-bond donors (Lipinski definition) is 3. The number of H-pyrrole nitrogens is 1. The lowest BCUT2D eigenvalue weighted by Gasteiger charge is -2.19. The lowest BCUT2D eigenvalue weighted by Crippen LogP contribution is -2.46. The van der Waals surface area contributed by atoms with Gasteiger partial charge >= 0.3 is 0 Å². The number of carbonyl (C=O) groups excluding carboxylic acids is 1. The predicted molar refractivity (Wildman–Crippen MR) is 87.2 cm³/mol. The molecule has 0 saturated heterocycles. The van der Waals surface area contributed by atoms with Crippen molar-refractivity contribution in [1.29, 1.82) is 0 Å². The Morgan fingerprint density at radius 1 is 1.33 bits per heavy atom. The molecule has 1 aromatic heterocycles. The van der Waals surface area contributed by atoms with Crippen molar-refractivity contribution in [3.8, 4) is 0 Å². The molecule has 0 saturated carbocycles. The molecule has 0 unspecified atom stereocenters. The highest BCUT2D eigenvalue weighted by molar-refractivity contribution is 5.99. The molecule has 0 spiro atoms. The zero-order valence-corrected chi connectivity index (χ0v) is 13.1. The molecule has 0 fully saturated rings. The smallest absolute Gasteiger partial charge is 0.261 e. The van der Waals surface area contributed by atoms with E-state index in [1.54, 1.807) is 6.92 Å². The van der Waals surface area contributed by atoms with E-state index >= 15 is 0 Å². The van der Waals surface area contributed by atoms with Gasteiger partial charge in [0, 0.05) is 23.0 Å². The van der Waals surface area contributed by atoms with Gasteiger partial charge in [0.2, 0.25) is 0 Å². The van der Waals surface area contributed by atoms with Crippen molar-refractivity contribution in [2.75, 3.05) is 6.54 Å². The molecule has 2 aromatic rings. The zero-order chi connectivity index (χ0) is 14.9. The van der Waals surface area contributed by atoms with Crippen LogP contribution in [0.1, 0.15) is 29.8 Å². The molecule has 0 bridgehead atoms. The van der Waals surface area contributed by atoms with Crippen LogP contribution in [0.15, 0.2) is 29.1 Å². The second-order valence-electron chi connectivity index (χ2n) is 5.67. The van der Waals surface area contributed by atoms with Crippen LogP contribution in [0.5, 0.6) is 0 Å². The van der Waals surface area contributed by atoms with E-state index in [-0.39, 0.29) is 23.5 Å². The minimum absolute atomic E-state index is 0. The van der Waals surface area contributed by atoms with E-state index in [0.717, 1.165) is 10.9 Å². The Morgan fingerprint density at radius 2 is 1.95 bits per heavy atom. The van der Waals surface area contributed by atoms with E-state index in [1.807, 2.05) is 38.1 Å². The summed E-state index contributed by atoms with van der Waals surface area (Å²) in [6, 6.07) is 7.41. The van der Waals surface area contributed by atoms with Crippen LogP contribution in [0.25, 0.3) is 10.9 Å². The lowest BCUT2D eigenvalue weighted by atomic mass is 10.0. The molecule has 2 rings (SSSR count). The minimum Gasteiger partial charge on any atom is -0.350 e. The number of para-hydroxylation sites is 1. The SMILES string of the molecule is Cc1c(C(=O)NCC(C)(C)N)c(=O)[nH]c2ccccc12.Cl. The number of nitrogens with one attached hydrogen (secondary N) is 2. The van der Waals surface area contributed by atoms with Crippen LogP contribution in [0.3, 0.4) is 0 Å². The molecular weight excluding hydrogens is 290 g/mol. The third-order valence-electron chi connectivity index (χ3n) is 3.11. The standard InChI is InChI=1S/C15H19N3O2.ClH/c1-9-10-6-4-5-7-11(10)18-14(20)12(9)13(19)17-8-15(2,3)16;/h4-7H,8,16H2,1-3H3,(H,17,19)(H,18,20);1H. The summed E-state index contributed by atoms with van der Waals surface area (Å²) in [7, 11) is 0. The Kier molecular flexibility index (Phi) is 5.15. The fourth-order valence-corrected chi connectivity index (χ4v) is 2.08. The van der Waals surface area contributed by atoms with Gasteiger partial charge in [0.15, 0.2) is 0 Å². The largest absolute Gasteiger partial charge is 0.350 e. The van der Waals surface area contributed by atoms with Gasteiger partial charge in [0.1, 0.15) is 5.56 Å². The molecule has 0 aliphatic rings. The molecule has 0 aliphatic carbocycles. The number of pyridine rings is 1. The Labute approximate surface area is 129 Å². The first kappa shape index (κ1) is 17.2. The molecule has 6 heteroatoms. The van der Waals surface area contributed by atoms with Crippen LogP contribution in [0.4, 0.5) is 0 Å². The van der Waals surface area contributed by atoms with E-state index in [1.165, 1.54) is 0 Å². The van der Waals surface area contributed by atoms with Crippen molar-refractivity contribution in [3.63, 3.8) is 0 Å². The van der Waals surface area contributed by atoms with Gasteiger partial charge in [-0.25, -0.2) is 0 Å². The molecule has 1 aromatic carbocycles. The Bertz CT molecular complexity index is 717. The molecule has 0 atom stereocenters. The maximum absolute atomic E-state index is 12.2. The minimum atomic E-state index is -0.521. The number of benzene rings is 1. The van der Waals surface area contributed by atoms with Gasteiger partial charge in [0.05, 0.1) is 0 Å². The summed E-state index contributed by atoms with van der Waals surface area (Å²) in [5, 5.41) is 3.57. The van der Waals surface area contributed by atoms with Gasteiger partial charge in [-0.3, -0.25) is 9.59 Å². The molecule has 114 valence electrons. The van der Waals surface area contributed by atoms with Gasteiger partial charge in [-0.15, -0.1) is 12.4 Å². The molecule has 0 aliphatic heterocycles. The number of carbonyl (C=O) groups is 1. The summed E-state index contributed by atoms with van der Waals surface area (Å²) in [4.78, 5) is 27.0. The van der Waals surface area contributed by atoms with Crippen LogP contribution in [0.2, 0.25) is 0 Å². The van der Waals surface area contributed by atoms with Crippen molar-refractivity contribution in [3.05, 3.63) is 45.7 Å². The second kappa shape index (κ2) is 6.28. The summed E-state index contributed by atoms with van der Waals surface area (Å²) in [6.45, 7) is 5.70. The fraction of sp³-hybridized carbons (Fsp3) is 0.333. The molecular formula is C15H20ClN3O2. The van der Waals surface area contributed by atoms with Crippen molar-refractivity contribution >= 4 is 29.2 Å². The second-order valence-corrected chi connectivity index (χ2v) is 5.67. The van der Waals surface area contributed by atoms with E-state index in [4.69, 9.17) is 5.73 Å². The van der Waals surface area contributed by atoms with Crippen LogP contribution in [0, 0.1) is 6.92 Å². The van der Waals surface area contributed by atoms with Crippen LogP contribution in [-0.4, -0.2) is 23.0 Å². The Morgan fingerprint density at radius 3 is 2.57 bits per heavy atom. The van der Waals surface area contributed by atoms with Gasteiger partial charge in [-0.2, -0.15) is 0 Å². The number of halogens is 1. The Balaban J connectivity index is 0.00000220. The lowest BCUT2D eigenvalue weighted by molar-refractivity contribution is 0.0944. The summed E-state index contributed by atoms with van der Waals surface area (Å²) >= 11 is 0. The summed E-state index contributed by atoms with van der Waals surface area (Å²) in [5.74, 6) is -0.395. The van der Waals surface area contributed by atoms with E-state index in [2.05, 4.69) is 10.3 Å². The first-order valence-corrected chi connectivity index (χ1v) is 6.48. The normalized spacial score (nSPS) is 11.0. The number of fused-ring (bicyclic) bond motifs is 1. The number of aromatic nitrogens is 1. The van der Waals surface area contributed by atoms with Crippen molar-refractivity contribution < 1.29 is 4.79 Å². The molecule has 5 nitrogen and oxygen atoms in total. The number of aryl methyl sites for hydroxylation is 1.